The molecule has 2 aromatic rings. The number of nitrogens with zero attached hydrogens (tertiary/aromatic N) is 3. The van der Waals surface area contributed by atoms with Crippen molar-refractivity contribution in [3.63, 3.8) is 0 Å². The van der Waals surface area contributed by atoms with E-state index in [4.69, 9.17) is 10.7 Å². The molecule has 1 atom stereocenters. The molecule has 5 nitrogen and oxygen atoms in total. The van der Waals surface area contributed by atoms with Crippen LogP contribution in [0.4, 0.5) is 5.95 Å². The summed E-state index contributed by atoms with van der Waals surface area (Å²) in [4.78, 5) is 9.74. The molecule has 3 N–H and O–H groups in total. The highest BCUT2D eigenvalue weighted by Crippen LogP contribution is 2.35. The molecule has 1 unspecified atom stereocenters. The van der Waals surface area contributed by atoms with Gasteiger partial charge in [0.1, 0.15) is 0 Å². The SMILES string of the molecule is NCC1CCCN(c2n[nH]c(-c3cc4c(s3)CCC4)n2)C1. The highest BCUT2D eigenvalue weighted by molar-refractivity contribution is 7.15. The molecule has 4 rings (SSSR count). The maximum absolute atomic E-state index is 5.81. The van der Waals surface area contributed by atoms with Crippen molar-refractivity contribution in [1.29, 1.82) is 0 Å². The third-order valence-corrected chi connectivity index (χ3v) is 5.83. The lowest BCUT2D eigenvalue weighted by Crippen LogP contribution is -2.38. The summed E-state index contributed by atoms with van der Waals surface area (Å²) in [6.07, 6.45) is 6.15. The number of rotatable bonds is 3. The van der Waals surface area contributed by atoms with Crippen molar-refractivity contribution in [2.24, 2.45) is 11.7 Å². The zero-order valence-corrected chi connectivity index (χ0v) is 13.0. The summed E-state index contributed by atoms with van der Waals surface area (Å²) in [6, 6.07) is 2.29. The third-order valence-electron chi connectivity index (χ3n) is 4.59. The number of fused-ring (bicyclic) bond motifs is 1. The Morgan fingerprint density at radius 1 is 1.38 bits per heavy atom. The molecular formula is C15H21N5S. The van der Waals surface area contributed by atoms with Gasteiger partial charge in [-0.15, -0.1) is 16.4 Å². The highest BCUT2D eigenvalue weighted by Gasteiger charge is 2.23. The van der Waals surface area contributed by atoms with Crippen LogP contribution in [-0.4, -0.2) is 34.8 Å². The molecule has 0 bridgehead atoms. The van der Waals surface area contributed by atoms with Crippen LogP contribution >= 0.6 is 11.3 Å². The number of H-pyrrole nitrogens is 1. The number of nitrogens with two attached hydrogens (primary N) is 1. The number of hydrogen-bond acceptors (Lipinski definition) is 5. The van der Waals surface area contributed by atoms with Gasteiger partial charge in [0.25, 0.3) is 0 Å². The lowest BCUT2D eigenvalue weighted by atomic mass is 9.99. The summed E-state index contributed by atoms with van der Waals surface area (Å²) < 4.78 is 0. The average molecular weight is 303 g/mol. The molecule has 2 aromatic heterocycles. The maximum atomic E-state index is 5.81. The first-order valence-corrected chi connectivity index (χ1v) is 8.64. The van der Waals surface area contributed by atoms with E-state index in [-0.39, 0.29) is 0 Å². The quantitative estimate of drug-likeness (QED) is 0.912. The first-order valence-electron chi connectivity index (χ1n) is 7.83. The molecule has 0 radical (unpaired) electrons. The molecule has 1 aliphatic heterocycles. The van der Waals surface area contributed by atoms with Crippen LogP contribution in [0.25, 0.3) is 10.7 Å². The lowest BCUT2D eigenvalue weighted by Gasteiger charge is -2.31. The minimum absolute atomic E-state index is 0.575. The molecule has 0 aromatic carbocycles. The first kappa shape index (κ1) is 13.3. The van der Waals surface area contributed by atoms with Gasteiger partial charge in [0, 0.05) is 18.0 Å². The Kier molecular flexibility index (Phi) is 3.43. The molecular weight excluding hydrogens is 282 g/mol. The van der Waals surface area contributed by atoms with Crippen molar-refractivity contribution >= 4 is 17.3 Å². The monoisotopic (exact) mass is 303 g/mol. The van der Waals surface area contributed by atoms with E-state index in [0.717, 1.165) is 31.4 Å². The molecule has 6 heteroatoms. The molecule has 112 valence electrons. The number of aromatic nitrogens is 3. The number of thiophene rings is 1. The van der Waals surface area contributed by atoms with Crippen LogP contribution in [0, 0.1) is 5.92 Å². The smallest absolute Gasteiger partial charge is 0.245 e. The van der Waals surface area contributed by atoms with Gasteiger partial charge in [-0.1, -0.05) is 0 Å². The van der Waals surface area contributed by atoms with Gasteiger partial charge in [0.15, 0.2) is 5.82 Å². The number of piperidine rings is 1. The average Bonchev–Trinajstić information content (AvgIpc) is 3.21. The number of aryl methyl sites for hydroxylation is 2. The zero-order valence-electron chi connectivity index (χ0n) is 12.1. The van der Waals surface area contributed by atoms with E-state index in [1.54, 1.807) is 0 Å². The summed E-state index contributed by atoms with van der Waals surface area (Å²) in [5.41, 5.74) is 7.32. The van der Waals surface area contributed by atoms with E-state index < -0.39 is 0 Å². The predicted octanol–water partition coefficient (Wildman–Crippen LogP) is 2.20. The summed E-state index contributed by atoms with van der Waals surface area (Å²) in [7, 11) is 0. The summed E-state index contributed by atoms with van der Waals surface area (Å²) in [5.74, 6) is 2.32. The van der Waals surface area contributed by atoms with Gasteiger partial charge in [-0.25, -0.2) is 0 Å². The maximum Gasteiger partial charge on any atom is 0.245 e. The second-order valence-corrected chi connectivity index (χ2v) is 7.22. The van der Waals surface area contributed by atoms with E-state index in [1.807, 2.05) is 11.3 Å². The fourth-order valence-corrected chi connectivity index (χ4v) is 4.58. The van der Waals surface area contributed by atoms with Crippen molar-refractivity contribution in [3.8, 4) is 10.7 Å². The fraction of sp³-hybridized carbons (Fsp3) is 0.600. The van der Waals surface area contributed by atoms with E-state index >= 15 is 0 Å². The van der Waals surface area contributed by atoms with E-state index in [9.17, 15) is 0 Å². The van der Waals surface area contributed by atoms with Crippen molar-refractivity contribution < 1.29 is 0 Å². The van der Waals surface area contributed by atoms with Crippen molar-refractivity contribution in [2.75, 3.05) is 24.5 Å². The summed E-state index contributed by atoms with van der Waals surface area (Å²) in [5, 5.41) is 7.54. The van der Waals surface area contributed by atoms with Gasteiger partial charge >= 0.3 is 0 Å². The minimum atomic E-state index is 0.575. The lowest BCUT2D eigenvalue weighted by molar-refractivity contribution is 0.420. The molecule has 2 aliphatic rings. The van der Waals surface area contributed by atoms with Gasteiger partial charge in [-0.2, -0.15) is 4.98 Å². The fourth-order valence-electron chi connectivity index (χ4n) is 3.39. The van der Waals surface area contributed by atoms with Crippen LogP contribution in [0.3, 0.4) is 0 Å². The van der Waals surface area contributed by atoms with Gasteiger partial charge < -0.3 is 10.6 Å². The molecule has 0 saturated carbocycles. The van der Waals surface area contributed by atoms with Crippen LogP contribution in [0.15, 0.2) is 6.07 Å². The van der Waals surface area contributed by atoms with Crippen molar-refractivity contribution in [2.45, 2.75) is 32.1 Å². The van der Waals surface area contributed by atoms with Crippen LogP contribution in [-0.2, 0) is 12.8 Å². The van der Waals surface area contributed by atoms with Crippen molar-refractivity contribution in [3.05, 3.63) is 16.5 Å². The molecule has 1 fully saturated rings. The van der Waals surface area contributed by atoms with Gasteiger partial charge in [-0.05, 0) is 56.2 Å². The van der Waals surface area contributed by atoms with Crippen LogP contribution < -0.4 is 10.6 Å². The largest absolute Gasteiger partial charge is 0.339 e. The number of anilines is 1. The Bertz CT molecular complexity index is 610. The number of aromatic amines is 1. The Hall–Kier alpha value is -1.40. The van der Waals surface area contributed by atoms with Crippen LogP contribution in [0.5, 0.6) is 0 Å². The normalized spacial score (nSPS) is 21.8. The van der Waals surface area contributed by atoms with Crippen molar-refractivity contribution in [1.82, 2.24) is 15.2 Å². The van der Waals surface area contributed by atoms with E-state index in [1.165, 1.54) is 47.4 Å². The molecule has 1 aliphatic carbocycles. The Balaban J connectivity index is 1.54. The second kappa shape index (κ2) is 5.42. The molecule has 3 heterocycles. The zero-order chi connectivity index (χ0) is 14.2. The second-order valence-electron chi connectivity index (χ2n) is 6.09. The molecule has 1 saturated heterocycles. The van der Waals surface area contributed by atoms with Gasteiger partial charge in [0.2, 0.25) is 5.95 Å². The van der Waals surface area contributed by atoms with E-state index in [2.05, 4.69) is 21.2 Å². The summed E-state index contributed by atoms with van der Waals surface area (Å²) in [6.45, 7) is 2.77. The van der Waals surface area contributed by atoms with Gasteiger partial charge in [-0.3, -0.25) is 5.10 Å². The summed E-state index contributed by atoms with van der Waals surface area (Å²) >= 11 is 1.87. The Morgan fingerprint density at radius 3 is 3.19 bits per heavy atom. The van der Waals surface area contributed by atoms with E-state index in [0.29, 0.717) is 5.92 Å². The third kappa shape index (κ3) is 2.46. The molecule has 21 heavy (non-hydrogen) atoms. The van der Waals surface area contributed by atoms with Crippen LogP contribution in [0.1, 0.15) is 29.7 Å². The molecule has 0 amide bonds. The number of nitrogens with one attached hydrogen (secondary N) is 1. The molecule has 0 spiro atoms. The standard InChI is InChI=1S/C15H21N5S/c16-8-10-3-2-6-20(9-10)15-17-14(18-19-15)13-7-11-4-1-5-12(11)21-13/h7,10H,1-6,8-9,16H2,(H,17,18,19). The van der Waals surface area contributed by atoms with Gasteiger partial charge in [0.05, 0.1) is 4.88 Å². The highest BCUT2D eigenvalue weighted by atomic mass is 32.1. The minimum Gasteiger partial charge on any atom is -0.339 e. The topological polar surface area (TPSA) is 70.8 Å². The first-order chi connectivity index (χ1) is 10.3. The Labute approximate surface area is 128 Å². The number of hydrogen-bond donors (Lipinski definition) is 2. The van der Waals surface area contributed by atoms with Crippen LogP contribution in [0.2, 0.25) is 0 Å². The Morgan fingerprint density at radius 2 is 2.33 bits per heavy atom. The predicted molar refractivity (Wildman–Crippen MR) is 85.7 cm³/mol.